The molecular weight excluding hydrogens is 525 g/mol. The van der Waals surface area contributed by atoms with Gasteiger partial charge in [-0.1, -0.05) is 11.6 Å². The zero-order valence-corrected chi connectivity index (χ0v) is 21.8. The molecule has 178 valence electrons. The van der Waals surface area contributed by atoms with E-state index in [9.17, 15) is 4.79 Å². The zero-order valence-electron chi connectivity index (χ0n) is 19.7. The summed E-state index contributed by atoms with van der Waals surface area (Å²) in [7, 11) is 3.23. The number of ether oxygens (including phenoxy) is 5. The van der Waals surface area contributed by atoms with Gasteiger partial charge in [-0.25, -0.2) is 4.79 Å². The molecular formula is C24H34INO6. The normalized spacial score (nSPS) is 17.8. The number of nitrogens with zero attached hydrogens (tertiary/aromatic N) is 1. The van der Waals surface area contributed by atoms with Gasteiger partial charge in [0.15, 0.2) is 17.3 Å². The first-order valence-electron chi connectivity index (χ1n) is 11.0. The van der Waals surface area contributed by atoms with E-state index in [1.807, 2.05) is 32.9 Å². The van der Waals surface area contributed by atoms with Crippen LogP contribution in [0.3, 0.4) is 0 Å². The molecule has 1 aromatic rings. The Kier molecular flexibility index (Phi) is 8.32. The Hall–Kier alpha value is -1.52. The molecule has 0 aromatic heterocycles. The smallest absolute Gasteiger partial charge is 0.410 e. The Morgan fingerprint density at radius 3 is 2.38 bits per heavy atom. The minimum Gasteiger partial charge on any atom is -0.493 e. The standard InChI is InChI=1S/C24H34INO6/c1-23(2,3)32-22(27)26(16-18-14-20(28-4)21(29-5)15-19(18)25)11-8-17-6-9-24(10-7-17)30-12-13-31-24/h6,14-15H,7-13,16H2,1-5H3. The highest BCUT2D eigenvalue weighted by atomic mass is 127. The summed E-state index contributed by atoms with van der Waals surface area (Å²) in [5.74, 6) is 0.885. The summed E-state index contributed by atoms with van der Waals surface area (Å²) in [6.07, 6.45) is 5.22. The fourth-order valence-electron chi connectivity index (χ4n) is 3.90. The summed E-state index contributed by atoms with van der Waals surface area (Å²) >= 11 is 2.26. The maximum absolute atomic E-state index is 13.0. The van der Waals surface area contributed by atoms with Crippen LogP contribution in [0.1, 0.15) is 52.0 Å². The molecule has 8 heteroatoms. The van der Waals surface area contributed by atoms with Crippen molar-refractivity contribution < 1.29 is 28.5 Å². The SMILES string of the molecule is COc1cc(I)c(CN(CCC2=CCC3(CC2)OCCO3)C(=O)OC(C)(C)C)cc1OC. The van der Waals surface area contributed by atoms with Gasteiger partial charge in [0.2, 0.25) is 0 Å². The Balaban J connectivity index is 1.73. The molecule has 1 saturated heterocycles. The van der Waals surface area contributed by atoms with Crippen LogP contribution in [0.25, 0.3) is 0 Å². The largest absolute Gasteiger partial charge is 0.493 e. The van der Waals surface area contributed by atoms with Crippen molar-refractivity contribution in [2.24, 2.45) is 0 Å². The van der Waals surface area contributed by atoms with E-state index < -0.39 is 11.4 Å². The van der Waals surface area contributed by atoms with Crippen LogP contribution >= 0.6 is 22.6 Å². The second-order valence-electron chi connectivity index (χ2n) is 9.12. The number of hydrogen-bond donors (Lipinski definition) is 0. The molecule has 0 unspecified atom stereocenters. The van der Waals surface area contributed by atoms with Crippen LogP contribution in [0.5, 0.6) is 11.5 Å². The fourth-order valence-corrected chi connectivity index (χ4v) is 4.51. The molecule has 1 aliphatic carbocycles. The second-order valence-corrected chi connectivity index (χ2v) is 10.3. The van der Waals surface area contributed by atoms with Gasteiger partial charge in [-0.2, -0.15) is 0 Å². The minimum absolute atomic E-state index is 0.321. The fraction of sp³-hybridized carbons (Fsp3) is 0.625. The third kappa shape index (κ3) is 6.51. The van der Waals surface area contributed by atoms with Crippen LogP contribution in [0.4, 0.5) is 4.79 Å². The van der Waals surface area contributed by atoms with Gasteiger partial charge in [-0.05, 0) is 73.9 Å². The number of hydrogen-bond acceptors (Lipinski definition) is 6. The monoisotopic (exact) mass is 559 g/mol. The maximum atomic E-state index is 13.0. The average Bonchev–Trinajstić information content (AvgIpc) is 3.19. The first-order valence-corrected chi connectivity index (χ1v) is 12.1. The Morgan fingerprint density at radius 1 is 1.16 bits per heavy atom. The van der Waals surface area contributed by atoms with Crippen LogP contribution in [0, 0.1) is 3.57 Å². The number of benzene rings is 1. The zero-order chi connectivity index (χ0) is 23.4. The molecule has 7 nitrogen and oxygen atoms in total. The van der Waals surface area contributed by atoms with E-state index in [-0.39, 0.29) is 6.09 Å². The van der Waals surface area contributed by atoms with Crippen LogP contribution in [0.15, 0.2) is 23.8 Å². The summed E-state index contributed by atoms with van der Waals surface area (Å²) < 4.78 is 29.2. The lowest BCUT2D eigenvalue weighted by atomic mass is 9.92. The molecule has 0 radical (unpaired) electrons. The predicted octanol–water partition coefficient (Wildman–Crippen LogP) is 5.29. The third-order valence-corrected chi connectivity index (χ3v) is 6.61. The number of carbonyl (C=O) groups is 1. The summed E-state index contributed by atoms with van der Waals surface area (Å²) in [5, 5.41) is 0. The molecule has 1 heterocycles. The molecule has 2 aliphatic rings. The van der Waals surface area contributed by atoms with E-state index in [2.05, 4.69) is 28.7 Å². The highest BCUT2D eigenvalue weighted by Crippen LogP contribution is 2.36. The van der Waals surface area contributed by atoms with Crippen LogP contribution < -0.4 is 9.47 Å². The highest BCUT2D eigenvalue weighted by Gasteiger charge is 2.37. The third-order valence-electron chi connectivity index (χ3n) is 5.61. The van der Waals surface area contributed by atoms with Gasteiger partial charge in [0.05, 0.1) is 34.0 Å². The molecule has 1 aromatic carbocycles. The van der Waals surface area contributed by atoms with E-state index >= 15 is 0 Å². The minimum atomic E-state index is -0.562. The van der Waals surface area contributed by atoms with E-state index in [0.29, 0.717) is 37.8 Å². The van der Waals surface area contributed by atoms with Crippen molar-refractivity contribution in [2.75, 3.05) is 34.0 Å². The second kappa shape index (κ2) is 10.6. The topological polar surface area (TPSA) is 66.5 Å². The van der Waals surface area contributed by atoms with E-state index in [1.54, 1.807) is 19.1 Å². The quantitative estimate of drug-likeness (QED) is 0.334. The van der Waals surface area contributed by atoms with E-state index in [1.165, 1.54) is 5.57 Å². The van der Waals surface area contributed by atoms with E-state index in [4.69, 9.17) is 23.7 Å². The van der Waals surface area contributed by atoms with Gasteiger partial charge in [0.1, 0.15) is 5.60 Å². The molecule has 1 aliphatic heterocycles. The lowest BCUT2D eigenvalue weighted by Gasteiger charge is -2.32. The Morgan fingerprint density at radius 2 is 1.81 bits per heavy atom. The molecule has 1 amide bonds. The maximum Gasteiger partial charge on any atom is 0.410 e. The average molecular weight is 559 g/mol. The lowest BCUT2D eigenvalue weighted by Crippen LogP contribution is -2.37. The van der Waals surface area contributed by atoms with Crippen molar-refractivity contribution in [3.8, 4) is 11.5 Å². The van der Waals surface area contributed by atoms with E-state index in [0.717, 1.165) is 34.8 Å². The van der Waals surface area contributed by atoms with Crippen molar-refractivity contribution in [2.45, 2.75) is 64.4 Å². The number of amides is 1. The lowest BCUT2D eigenvalue weighted by molar-refractivity contribution is -0.161. The van der Waals surface area contributed by atoms with Crippen LogP contribution in [-0.2, 0) is 20.8 Å². The number of rotatable bonds is 7. The highest BCUT2D eigenvalue weighted by molar-refractivity contribution is 14.1. The van der Waals surface area contributed by atoms with Crippen molar-refractivity contribution in [3.63, 3.8) is 0 Å². The Labute approximate surface area is 204 Å². The van der Waals surface area contributed by atoms with Crippen molar-refractivity contribution in [1.29, 1.82) is 0 Å². The molecule has 1 fully saturated rings. The van der Waals surface area contributed by atoms with Crippen molar-refractivity contribution in [3.05, 3.63) is 32.9 Å². The van der Waals surface area contributed by atoms with Crippen LogP contribution in [-0.4, -0.2) is 56.4 Å². The molecule has 1 spiro atoms. The van der Waals surface area contributed by atoms with Gasteiger partial charge >= 0.3 is 6.09 Å². The van der Waals surface area contributed by atoms with Gasteiger partial charge in [0, 0.05) is 23.0 Å². The summed E-state index contributed by atoms with van der Waals surface area (Å²) in [6.45, 7) is 7.98. The van der Waals surface area contributed by atoms with Gasteiger partial charge < -0.3 is 28.6 Å². The number of halogens is 1. The summed E-state index contributed by atoms with van der Waals surface area (Å²) in [6, 6.07) is 3.85. The van der Waals surface area contributed by atoms with Gasteiger partial charge in [-0.3, -0.25) is 0 Å². The molecule has 0 bridgehead atoms. The molecule has 32 heavy (non-hydrogen) atoms. The van der Waals surface area contributed by atoms with Crippen molar-refractivity contribution in [1.82, 2.24) is 4.90 Å². The predicted molar refractivity (Wildman–Crippen MR) is 130 cm³/mol. The number of methoxy groups -OCH3 is 2. The van der Waals surface area contributed by atoms with Crippen LogP contribution in [0.2, 0.25) is 0 Å². The Bertz CT molecular complexity index is 842. The molecule has 0 saturated carbocycles. The molecule has 0 atom stereocenters. The summed E-state index contributed by atoms with van der Waals surface area (Å²) in [4.78, 5) is 14.8. The first kappa shape index (κ1) is 25.1. The first-order chi connectivity index (χ1) is 15.1. The van der Waals surface area contributed by atoms with Gasteiger partial charge in [0.25, 0.3) is 0 Å². The molecule has 3 rings (SSSR count). The number of carbonyl (C=O) groups excluding carboxylic acids is 1. The van der Waals surface area contributed by atoms with Crippen molar-refractivity contribution >= 4 is 28.7 Å². The van der Waals surface area contributed by atoms with Gasteiger partial charge in [-0.15, -0.1) is 0 Å². The molecule has 0 N–H and O–H groups in total. The summed E-state index contributed by atoms with van der Waals surface area (Å²) in [5.41, 5.74) is 1.75.